The van der Waals surface area contributed by atoms with E-state index >= 15 is 0 Å². The van der Waals surface area contributed by atoms with Crippen LogP contribution in [0, 0.1) is 0 Å². The fraction of sp³-hybridized carbons (Fsp3) is 0.600. The van der Waals surface area contributed by atoms with Crippen LogP contribution in [0.1, 0.15) is 44.0 Å². The van der Waals surface area contributed by atoms with Crippen LogP contribution < -0.4 is 0 Å². The van der Waals surface area contributed by atoms with E-state index in [2.05, 4.69) is 0 Å². The number of aromatic carboxylic acids is 1. The van der Waals surface area contributed by atoms with E-state index in [1.165, 1.54) is 17.0 Å². The average Bonchev–Trinajstić information content (AvgIpc) is 2.84. The summed E-state index contributed by atoms with van der Waals surface area (Å²) in [5.74, 6) is -0.937. The molecule has 0 saturated heterocycles. The molecule has 0 aliphatic carbocycles. The lowest BCUT2D eigenvalue weighted by Crippen LogP contribution is -2.38. The first kappa shape index (κ1) is 18.0. The summed E-state index contributed by atoms with van der Waals surface area (Å²) < 4.78 is 15.8. The average molecular weight is 313 g/mol. The number of carbonyl (C=O) groups excluding carboxylic acids is 1. The first-order chi connectivity index (χ1) is 10.2. The Labute approximate surface area is 129 Å². The van der Waals surface area contributed by atoms with E-state index in [-0.39, 0.29) is 12.3 Å². The van der Waals surface area contributed by atoms with Crippen molar-refractivity contribution in [2.45, 2.75) is 39.8 Å². The van der Waals surface area contributed by atoms with Crippen molar-refractivity contribution in [1.82, 2.24) is 4.90 Å². The highest BCUT2D eigenvalue weighted by Gasteiger charge is 2.23. The zero-order chi connectivity index (χ0) is 16.8. The third-order valence-corrected chi connectivity index (χ3v) is 2.58. The highest BCUT2D eigenvalue weighted by molar-refractivity contribution is 5.84. The molecule has 0 aliphatic heterocycles. The monoisotopic (exact) mass is 313 g/mol. The van der Waals surface area contributed by atoms with Crippen LogP contribution in [0.3, 0.4) is 0 Å². The lowest BCUT2D eigenvalue weighted by Gasteiger charge is -2.26. The summed E-state index contributed by atoms with van der Waals surface area (Å²) >= 11 is 0. The minimum Gasteiger partial charge on any atom is -0.475 e. The van der Waals surface area contributed by atoms with Gasteiger partial charge in [-0.25, -0.2) is 9.59 Å². The number of furan rings is 1. The quantitative estimate of drug-likeness (QED) is 0.779. The van der Waals surface area contributed by atoms with Gasteiger partial charge in [-0.1, -0.05) is 0 Å². The van der Waals surface area contributed by atoms with Crippen molar-refractivity contribution in [2.75, 3.05) is 19.8 Å². The van der Waals surface area contributed by atoms with Crippen molar-refractivity contribution < 1.29 is 28.6 Å². The van der Waals surface area contributed by atoms with E-state index < -0.39 is 17.7 Å². The molecule has 1 heterocycles. The van der Waals surface area contributed by atoms with Gasteiger partial charge in [0.05, 0.1) is 13.2 Å². The number of hydrogen-bond donors (Lipinski definition) is 1. The Morgan fingerprint density at radius 1 is 1.32 bits per heavy atom. The van der Waals surface area contributed by atoms with Gasteiger partial charge in [0, 0.05) is 13.2 Å². The molecule has 0 spiro atoms. The zero-order valence-electron chi connectivity index (χ0n) is 13.4. The maximum absolute atomic E-state index is 12.2. The molecule has 1 rings (SSSR count). The van der Waals surface area contributed by atoms with Gasteiger partial charge in [0.25, 0.3) is 0 Å². The molecule has 124 valence electrons. The van der Waals surface area contributed by atoms with Crippen LogP contribution in [-0.4, -0.2) is 47.4 Å². The minimum atomic E-state index is -1.15. The number of carboxylic acid groups (broad SMARTS) is 1. The molecule has 1 amide bonds. The molecule has 0 saturated carbocycles. The molecular formula is C15H23NO6. The smallest absolute Gasteiger partial charge is 0.410 e. The molecule has 22 heavy (non-hydrogen) atoms. The van der Waals surface area contributed by atoms with E-state index in [1.807, 2.05) is 6.92 Å². The third kappa shape index (κ3) is 6.17. The van der Waals surface area contributed by atoms with Crippen LogP contribution in [0.15, 0.2) is 16.5 Å². The Bertz CT molecular complexity index is 502. The van der Waals surface area contributed by atoms with Gasteiger partial charge in [0.15, 0.2) is 0 Å². The van der Waals surface area contributed by atoms with Crippen LogP contribution in [-0.2, 0) is 16.0 Å². The van der Waals surface area contributed by atoms with Crippen molar-refractivity contribution in [3.8, 4) is 0 Å². The lowest BCUT2D eigenvalue weighted by atomic mass is 10.2. The van der Waals surface area contributed by atoms with Crippen molar-refractivity contribution in [3.05, 3.63) is 23.7 Å². The molecular weight excluding hydrogens is 290 g/mol. The maximum Gasteiger partial charge on any atom is 0.410 e. The number of rotatable bonds is 7. The molecule has 0 unspecified atom stereocenters. The summed E-state index contributed by atoms with van der Waals surface area (Å²) in [6, 6.07) is 2.88. The first-order valence-electron chi connectivity index (χ1n) is 7.10. The fourth-order valence-electron chi connectivity index (χ4n) is 1.65. The Kier molecular flexibility index (Phi) is 6.42. The second-order valence-corrected chi connectivity index (χ2v) is 5.67. The highest BCUT2D eigenvalue weighted by atomic mass is 16.6. The second kappa shape index (κ2) is 7.84. The van der Waals surface area contributed by atoms with Crippen molar-refractivity contribution in [2.24, 2.45) is 0 Å². The SMILES string of the molecule is CCOCCN(Cc1ccc(C(=O)O)o1)C(=O)OC(C)(C)C. The number of carboxylic acids is 1. The van der Waals surface area contributed by atoms with E-state index in [0.717, 1.165) is 0 Å². The van der Waals surface area contributed by atoms with Crippen molar-refractivity contribution in [1.29, 1.82) is 0 Å². The number of ether oxygens (including phenoxy) is 2. The van der Waals surface area contributed by atoms with Gasteiger partial charge in [-0.2, -0.15) is 0 Å². The molecule has 0 bridgehead atoms. The van der Waals surface area contributed by atoms with Gasteiger partial charge >= 0.3 is 12.1 Å². The molecule has 7 nitrogen and oxygen atoms in total. The van der Waals surface area contributed by atoms with Crippen molar-refractivity contribution >= 4 is 12.1 Å². The molecule has 0 aromatic carbocycles. The Hall–Kier alpha value is -2.02. The van der Waals surface area contributed by atoms with Crippen LogP contribution in [0.2, 0.25) is 0 Å². The summed E-state index contributed by atoms with van der Waals surface area (Å²) in [7, 11) is 0. The largest absolute Gasteiger partial charge is 0.475 e. The van der Waals surface area contributed by atoms with Crippen molar-refractivity contribution in [3.63, 3.8) is 0 Å². The maximum atomic E-state index is 12.2. The summed E-state index contributed by atoms with van der Waals surface area (Å²) in [4.78, 5) is 24.4. The molecule has 0 fully saturated rings. The molecule has 1 aromatic heterocycles. The number of hydrogen-bond acceptors (Lipinski definition) is 5. The zero-order valence-corrected chi connectivity index (χ0v) is 13.4. The lowest BCUT2D eigenvalue weighted by molar-refractivity contribution is 0.0149. The molecule has 0 aliphatic rings. The molecule has 1 aromatic rings. The van der Waals surface area contributed by atoms with Gasteiger partial charge in [-0.3, -0.25) is 4.90 Å². The van der Waals surface area contributed by atoms with Crippen LogP contribution in [0.4, 0.5) is 4.79 Å². The summed E-state index contributed by atoms with van der Waals surface area (Å²) in [6.45, 7) is 8.56. The molecule has 0 radical (unpaired) electrons. The van der Waals surface area contributed by atoms with Gasteiger partial charge in [0.2, 0.25) is 5.76 Å². The van der Waals surface area contributed by atoms with Crippen LogP contribution >= 0.6 is 0 Å². The summed E-state index contributed by atoms with van der Waals surface area (Å²) in [5.41, 5.74) is -0.615. The Morgan fingerprint density at radius 2 is 2.00 bits per heavy atom. The first-order valence-corrected chi connectivity index (χ1v) is 7.10. The standard InChI is InChI=1S/C15H23NO6/c1-5-20-9-8-16(14(19)22-15(2,3)4)10-11-6-7-12(21-11)13(17)18/h6-7H,5,8-10H2,1-4H3,(H,17,18). The van der Waals surface area contributed by atoms with E-state index in [0.29, 0.717) is 25.5 Å². The minimum absolute atomic E-state index is 0.120. The number of nitrogens with zero attached hydrogens (tertiary/aromatic N) is 1. The van der Waals surface area contributed by atoms with Gasteiger partial charge in [-0.05, 0) is 39.8 Å². The fourth-order valence-corrected chi connectivity index (χ4v) is 1.65. The van der Waals surface area contributed by atoms with Crippen LogP contribution in [0.5, 0.6) is 0 Å². The van der Waals surface area contributed by atoms with Crippen LogP contribution in [0.25, 0.3) is 0 Å². The number of amides is 1. The predicted octanol–water partition coefficient (Wildman–Crippen LogP) is 2.75. The topological polar surface area (TPSA) is 89.2 Å². The second-order valence-electron chi connectivity index (χ2n) is 5.67. The number of carbonyl (C=O) groups is 2. The van der Waals surface area contributed by atoms with E-state index in [9.17, 15) is 9.59 Å². The van der Waals surface area contributed by atoms with E-state index in [4.69, 9.17) is 19.0 Å². The van der Waals surface area contributed by atoms with Gasteiger partial charge in [0.1, 0.15) is 11.4 Å². The van der Waals surface area contributed by atoms with Gasteiger partial charge in [-0.15, -0.1) is 0 Å². The third-order valence-electron chi connectivity index (χ3n) is 2.58. The van der Waals surface area contributed by atoms with Gasteiger partial charge < -0.3 is 19.0 Å². The molecule has 0 atom stereocenters. The summed E-state index contributed by atoms with van der Waals surface area (Å²) in [5, 5.41) is 8.85. The van der Waals surface area contributed by atoms with E-state index in [1.54, 1.807) is 20.8 Å². The molecule has 7 heteroatoms. The summed E-state index contributed by atoms with van der Waals surface area (Å²) in [6.07, 6.45) is -0.500. The Morgan fingerprint density at radius 3 is 2.50 bits per heavy atom. The normalized spacial score (nSPS) is 11.3. The predicted molar refractivity (Wildman–Crippen MR) is 78.8 cm³/mol. The highest BCUT2D eigenvalue weighted by Crippen LogP contribution is 2.14. The molecule has 1 N–H and O–H groups in total. The Balaban J connectivity index is 2.75.